The van der Waals surface area contributed by atoms with Crippen LogP contribution in [0.5, 0.6) is 0 Å². The predicted molar refractivity (Wildman–Crippen MR) is 196 cm³/mol. The van der Waals surface area contributed by atoms with E-state index >= 15 is 0 Å². The van der Waals surface area contributed by atoms with Crippen LogP contribution in [0.3, 0.4) is 0 Å². The molecule has 0 aliphatic heterocycles. The Labute approximate surface area is 270 Å². The van der Waals surface area contributed by atoms with Gasteiger partial charge in [-0.2, -0.15) is 0 Å². The van der Waals surface area contributed by atoms with Crippen LogP contribution in [0.1, 0.15) is 11.1 Å². The monoisotopic (exact) mass is 590 g/mol. The van der Waals surface area contributed by atoms with Crippen LogP contribution in [0.4, 0.5) is 17.1 Å². The molecule has 1 heterocycles. The average Bonchev–Trinajstić information content (AvgIpc) is 3.43. The van der Waals surface area contributed by atoms with Gasteiger partial charge >= 0.3 is 0 Å². The molecule has 0 N–H and O–H groups in total. The van der Waals surface area contributed by atoms with Crippen molar-refractivity contribution < 1.29 is 0 Å². The van der Waals surface area contributed by atoms with E-state index in [4.69, 9.17) is 0 Å². The lowest BCUT2D eigenvalue weighted by Gasteiger charge is -2.27. The number of fused-ring (bicyclic) bond motifs is 3. The maximum atomic E-state index is 2.37. The highest BCUT2D eigenvalue weighted by Gasteiger charge is 2.17. The molecule has 0 aliphatic rings. The number of hydrogen-bond acceptors (Lipinski definition) is 1. The van der Waals surface area contributed by atoms with E-state index in [2.05, 4.69) is 193 Å². The molecule has 0 aliphatic carbocycles. The van der Waals surface area contributed by atoms with Crippen LogP contribution >= 0.6 is 0 Å². The fourth-order valence-corrected chi connectivity index (χ4v) is 6.75. The van der Waals surface area contributed by atoms with Gasteiger partial charge in [-0.15, -0.1) is 0 Å². The van der Waals surface area contributed by atoms with E-state index in [1.807, 2.05) is 0 Å². The summed E-state index contributed by atoms with van der Waals surface area (Å²) in [5.74, 6) is 0. The SMILES string of the molecule is Cc1cccc(N(c2ccc(-c3ccccc3)cc2)c2ccc(-c3ccc4c(c3)c3ccccc3n4-c3ccccc3)c(C)c2)c1. The molecule has 0 spiro atoms. The lowest BCUT2D eigenvalue weighted by atomic mass is 9.97. The van der Waals surface area contributed by atoms with Gasteiger partial charge in [0.2, 0.25) is 0 Å². The third kappa shape index (κ3) is 4.95. The summed E-state index contributed by atoms with van der Waals surface area (Å²) in [6, 6.07) is 61.3. The number of hydrogen-bond donors (Lipinski definition) is 0. The molecule has 0 atom stereocenters. The normalized spacial score (nSPS) is 11.3. The van der Waals surface area contributed by atoms with Gasteiger partial charge in [0, 0.05) is 33.5 Å². The summed E-state index contributed by atoms with van der Waals surface area (Å²) in [6.07, 6.45) is 0. The second kappa shape index (κ2) is 11.6. The van der Waals surface area contributed by atoms with Crippen LogP contribution in [0.25, 0.3) is 49.7 Å². The maximum Gasteiger partial charge on any atom is 0.0541 e. The molecule has 0 amide bonds. The summed E-state index contributed by atoms with van der Waals surface area (Å²) in [7, 11) is 0. The Bertz CT molecular complexity index is 2310. The highest BCUT2D eigenvalue weighted by atomic mass is 15.1. The van der Waals surface area contributed by atoms with Crippen molar-refractivity contribution in [2.45, 2.75) is 13.8 Å². The number of para-hydroxylation sites is 2. The molecule has 46 heavy (non-hydrogen) atoms. The molecule has 1 aromatic heterocycles. The summed E-state index contributed by atoms with van der Waals surface area (Å²) in [4.78, 5) is 2.36. The fraction of sp³-hybridized carbons (Fsp3) is 0.0455. The van der Waals surface area contributed by atoms with E-state index in [1.54, 1.807) is 0 Å². The van der Waals surface area contributed by atoms with Gasteiger partial charge in [-0.25, -0.2) is 0 Å². The fourth-order valence-electron chi connectivity index (χ4n) is 6.75. The lowest BCUT2D eigenvalue weighted by molar-refractivity contribution is 1.18. The first-order valence-electron chi connectivity index (χ1n) is 15.9. The second-order valence-corrected chi connectivity index (χ2v) is 12.0. The van der Waals surface area contributed by atoms with E-state index in [-0.39, 0.29) is 0 Å². The zero-order valence-corrected chi connectivity index (χ0v) is 26.1. The minimum Gasteiger partial charge on any atom is -0.310 e. The zero-order chi connectivity index (χ0) is 31.0. The Balaban J connectivity index is 1.21. The molecule has 0 saturated heterocycles. The zero-order valence-electron chi connectivity index (χ0n) is 26.1. The molecule has 0 fully saturated rings. The maximum absolute atomic E-state index is 2.37. The quantitative estimate of drug-likeness (QED) is 0.187. The van der Waals surface area contributed by atoms with E-state index < -0.39 is 0 Å². The summed E-state index contributed by atoms with van der Waals surface area (Å²) >= 11 is 0. The third-order valence-corrected chi connectivity index (χ3v) is 8.96. The average molecular weight is 591 g/mol. The molecular formula is C44H34N2. The minimum absolute atomic E-state index is 1.13. The van der Waals surface area contributed by atoms with E-state index in [0.29, 0.717) is 0 Å². The van der Waals surface area contributed by atoms with Gasteiger partial charge < -0.3 is 9.47 Å². The van der Waals surface area contributed by atoms with Gasteiger partial charge in [0.05, 0.1) is 11.0 Å². The Morgan fingerprint density at radius 1 is 0.413 bits per heavy atom. The van der Waals surface area contributed by atoms with Crippen molar-refractivity contribution in [1.82, 2.24) is 4.57 Å². The molecule has 2 heteroatoms. The van der Waals surface area contributed by atoms with E-state index in [1.165, 1.54) is 60.9 Å². The first kappa shape index (κ1) is 27.7. The standard InChI is InChI=1S/C44H34N2/c1-31-12-11-17-38(28-31)45(37-23-20-34(21-24-37)33-13-5-3-6-14-33)39-25-26-40(32(2)29-39)35-22-27-44-42(30-35)41-18-9-10-19-43(41)46(44)36-15-7-4-8-16-36/h3-30H,1-2H3. The van der Waals surface area contributed by atoms with Crippen molar-refractivity contribution in [3.63, 3.8) is 0 Å². The van der Waals surface area contributed by atoms with Crippen molar-refractivity contribution in [2.75, 3.05) is 4.90 Å². The van der Waals surface area contributed by atoms with Crippen LogP contribution in [-0.4, -0.2) is 4.57 Å². The van der Waals surface area contributed by atoms with Crippen LogP contribution < -0.4 is 4.90 Å². The smallest absolute Gasteiger partial charge is 0.0541 e. The Morgan fingerprint density at radius 3 is 1.80 bits per heavy atom. The minimum atomic E-state index is 1.13. The van der Waals surface area contributed by atoms with Crippen LogP contribution in [-0.2, 0) is 0 Å². The highest BCUT2D eigenvalue weighted by Crippen LogP contribution is 2.40. The molecule has 7 aromatic carbocycles. The highest BCUT2D eigenvalue weighted by molar-refractivity contribution is 6.10. The summed E-state index contributed by atoms with van der Waals surface area (Å²) < 4.78 is 2.37. The first-order chi connectivity index (χ1) is 22.6. The topological polar surface area (TPSA) is 8.17 Å². The van der Waals surface area contributed by atoms with E-state index in [9.17, 15) is 0 Å². The van der Waals surface area contributed by atoms with Gasteiger partial charge in [-0.1, -0.05) is 103 Å². The molecule has 2 nitrogen and oxygen atoms in total. The van der Waals surface area contributed by atoms with E-state index in [0.717, 1.165) is 17.1 Å². The first-order valence-corrected chi connectivity index (χ1v) is 15.9. The van der Waals surface area contributed by atoms with Gasteiger partial charge in [0.25, 0.3) is 0 Å². The Morgan fingerprint density at radius 2 is 1.04 bits per heavy atom. The molecule has 0 unspecified atom stereocenters. The van der Waals surface area contributed by atoms with Gasteiger partial charge in [0.1, 0.15) is 0 Å². The van der Waals surface area contributed by atoms with Crippen LogP contribution in [0.2, 0.25) is 0 Å². The Hall–Kier alpha value is -5.86. The summed E-state index contributed by atoms with van der Waals surface area (Å²) in [5, 5.41) is 2.53. The van der Waals surface area contributed by atoms with Gasteiger partial charge in [-0.05, 0) is 114 Å². The van der Waals surface area contributed by atoms with Crippen molar-refractivity contribution in [2.24, 2.45) is 0 Å². The summed E-state index contributed by atoms with van der Waals surface area (Å²) in [6.45, 7) is 4.38. The number of aryl methyl sites for hydroxylation is 2. The van der Waals surface area contributed by atoms with Crippen LogP contribution in [0, 0.1) is 13.8 Å². The molecule has 0 radical (unpaired) electrons. The molecule has 220 valence electrons. The number of nitrogens with zero attached hydrogens (tertiary/aromatic N) is 2. The van der Waals surface area contributed by atoms with Gasteiger partial charge in [0.15, 0.2) is 0 Å². The number of anilines is 3. The molecular weight excluding hydrogens is 556 g/mol. The largest absolute Gasteiger partial charge is 0.310 e. The van der Waals surface area contributed by atoms with Crippen molar-refractivity contribution in [1.29, 1.82) is 0 Å². The van der Waals surface area contributed by atoms with Crippen molar-refractivity contribution >= 4 is 38.9 Å². The number of benzene rings is 7. The third-order valence-electron chi connectivity index (χ3n) is 8.96. The van der Waals surface area contributed by atoms with Crippen LogP contribution in [0.15, 0.2) is 170 Å². The molecule has 8 rings (SSSR count). The second-order valence-electron chi connectivity index (χ2n) is 12.0. The molecule has 0 saturated carbocycles. The number of aromatic nitrogens is 1. The molecule has 0 bridgehead atoms. The Kier molecular flexibility index (Phi) is 6.96. The molecule has 8 aromatic rings. The van der Waals surface area contributed by atoms with Crippen molar-refractivity contribution in [3.05, 3.63) is 181 Å². The predicted octanol–water partition coefficient (Wildman–Crippen LogP) is 12.2. The van der Waals surface area contributed by atoms with Crippen molar-refractivity contribution in [3.8, 4) is 27.9 Å². The number of rotatable bonds is 6. The summed E-state index contributed by atoms with van der Waals surface area (Å²) in [5.41, 5.74) is 14.4. The lowest BCUT2D eigenvalue weighted by Crippen LogP contribution is -2.10. The van der Waals surface area contributed by atoms with Gasteiger partial charge in [-0.3, -0.25) is 0 Å².